The first kappa shape index (κ1) is 11.3. The van der Waals surface area contributed by atoms with Gasteiger partial charge in [-0.25, -0.2) is 4.68 Å². The van der Waals surface area contributed by atoms with Crippen LogP contribution in [0.25, 0.3) is 10.9 Å². The molecular weight excluding hydrogens is 250 g/mol. The summed E-state index contributed by atoms with van der Waals surface area (Å²) in [4.78, 5) is 4.48. The Labute approximate surface area is 116 Å². The Morgan fingerprint density at radius 1 is 1.25 bits per heavy atom. The molecule has 0 amide bonds. The lowest BCUT2D eigenvalue weighted by atomic mass is 10.1. The first-order chi connectivity index (χ1) is 9.83. The Bertz CT molecular complexity index is 763. The molecular formula is C15H15N5. The van der Waals surface area contributed by atoms with Gasteiger partial charge in [0.1, 0.15) is 5.82 Å². The SMILES string of the molecule is Nc1ccc2nn3c(c2c1)NCCC3c1ccccn1. The maximum Gasteiger partial charge on any atom is 0.133 e. The van der Waals surface area contributed by atoms with Gasteiger partial charge in [-0.1, -0.05) is 6.07 Å². The van der Waals surface area contributed by atoms with Crippen molar-refractivity contribution in [2.45, 2.75) is 12.5 Å². The molecule has 0 saturated carbocycles. The van der Waals surface area contributed by atoms with Crippen LogP contribution in [0.15, 0.2) is 42.6 Å². The van der Waals surface area contributed by atoms with Gasteiger partial charge in [0, 0.05) is 23.8 Å². The fraction of sp³-hybridized carbons (Fsp3) is 0.200. The number of hydrogen-bond donors (Lipinski definition) is 2. The van der Waals surface area contributed by atoms with Crippen LogP contribution >= 0.6 is 0 Å². The van der Waals surface area contributed by atoms with Gasteiger partial charge in [-0.15, -0.1) is 0 Å². The Morgan fingerprint density at radius 2 is 2.20 bits per heavy atom. The number of anilines is 2. The second kappa shape index (κ2) is 4.23. The number of pyridine rings is 1. The summed E-state index contributed by atoms with van der Waals surface area (Å²) in [7, 11) is 0. The van der Waals surface area contributed by atoms with Crippen LogP contribution in [0.5, 0.6) is 0 Å². The third-order valence-electron chi connectivity index (χ3n) is 3.75. The average Bonchev–Trinajstić information content (AvgIpc) is 2.86. The van der Waals surface area contributed by atoms with Gasteiger partial charge >= 0.3 is 0 Å². The van der Waals surface area contributed by atoms with Crippen molar-refractivity contribution in [1.29, 1.82) is 0 Å². The van der Waals surface area contributed by atoms with Crippen LogP contribution < -0.4 is 11.1 Å². The second-order valence-electron chi connectivity index (χ2n) is 5.06. The monoisotopic (exact) mass is 265 g/mol. The molecule has 1 aliphatic heterocycles. The molecule has 0 aliphatic carbocycles. The van der Waals surface area contributed by atoms with Crippen LogP contribution in [0.4, 0.5) is 11.5 Å². The van der Waals surface area contributed by atoms with E-state index in [0.29, 0.717) is 0 Å². The summed E-state index contributed by atoms with van der Waals surface area (Å²) in [5.41, 5.74) is 8.66. The summed E-state index contributed by atoms with van der Waals surface area (Å²) in [6, 6.07) is 12.0. The minimum Gasteiger partial charge on any atom is -0.399 e. The summed E-state index contributed by atoms with van der Waals surface area (Å²) >= 11 is 0. The van der Waals surface area contributed by atoms with E-state index in [1.54, 1.807) is 0 Å². The van der Waals surface area contributed by atoms with Crippen LogP contribution in [0.1, 0.15) is 18.2 Å². The summed E-state index contributed by atoms with van der Waals surface area (Å²) < 4.78 is 2.04. The van der Waals surface area contributed by atoms with E-state index in [9.17, 15) is 0 Å². The second-order valence-corrected chi connectivity index (χ2v) is 5.06. The molecule has 3 N–H and O–H groups in total. The number of aromatic nitrogens is 3. The zero-order valence-electron chi connectivity index (χ0n) is 11.0. The van der Waals surface area contributed by atoms with Gasteiger partial charge in [0.15, 0.2) is 0 Å². The number of hydrogen-bond acceptors (Lipinski definition) is 4. The molecule has 0 saturated heterocycles. The van der Waals surface area contributed by atoms with E-state index >= 15 is 0 Å². The molecule has 100 valence electrons. The first-order valence-corrected chi connectivity index (χ1v) is 6.75. The summed E-state index contributed by atoms with van der Waals surface area (Å²) in [6.07, 6.45) is 2.81. The minimum absolute atomic E-state index is 0.182. The summed E-state index contributed by atoms with van der Waals surface area (Å²) in [5.74, 6) is 1.04. The van der Waals surface area contributed by atoms with Crippen molar-refractivity contribution in [3.05, 3.63) is 48.3 Å². The van der Waals surface area contributed by atoms with E-state index in [1.807, 2.05) is 41.2 Å². The smallest absolute Gasteiger partial charge is 0.133 e. The van der Waals surface area contributed by atoms with E-state index in [1.165, 1.54) is 0 Å². The van der Waals surface area contributed by atoms with Gasteiger partial charge in [-0.05, 0) is 36.8 Å². The van der Waals surface area contributed by atoms with E-state index in [4.69, 9.17) is 10.8 Å². The number of nitrogens with zero attached hydrogens (tertiary/aromatic N) is 3. The molecule has 0 radical (unpaired) electrons. The fourth-order valence-corrected chi connectivity index (χ4v) is 2.82. The van der Waals surface area contributed by atoms with Gasteiger partial charge < -0.3 is 11.1 Å². The van der Waals surface area contributed by atoms with E-state index < -0.39 is 0 Å². The Balaban J connectivity index is 1.91. The normalized spacial score (nSPS) is 17.7. The van der Waals surface area contributed by atoms with E-state index in [2.05, 4.69) is 16.4 Å². The summed E-state index contributed by atoms with van der Waals surface area (Å²) in [6.45, 7) is 0.914. The molecule has 2 aromatic heterocycles. The third kappa shape index (κ3) is 1.63. The van der Waals surface area contributed by atoms with E-state index in [-0.39, 0.29) is 6.04 Å². The molecule has 0 spiro atoms. The van der Waals surface area contributed by atoms with Gasteiger partial charge in [-0.3, -0.25) is 4.98 Å². The fourth-order valence-electron chi connectivity index (χ4n) is 2.82. The van der Waals surface area contributed by atoms with Crippen LogP contribution in [-0.4, -0.2) is 21.3 Å². The van der Waals surface area contributed by atoms with Gasteiger partial charge in [-0.2, -0.15) is 5.10 Å². The summed E-state index contributed by atoms with van der Waals surface area (Å²) in [5, 5.41) is 9.22. The molecule has 5 nitrogen and oxygen atoms in total. The van der Waals surface area contributed by atoms with Crippen molar-refractivity contribution in [2.75, 3.05) is 17.6 Å². The zero-order chi connectivity index (χ0) is 13.5. The number of nitrogen functional groups attached to an aromatic ring is 1. The molecule has 5 heteroatoms. The Morgan fingerprint density at radius 3 is 3.05 bits per heavy atom. The van der Waals surface area contributed by atoms with Crippen molar-refractivity contribution < 1.29 is 0 Å². The molecule has 20 heavy (non-hydrogen) atoms. The Hall–Kier alpha value is -2.56. The van der Waals surface area contributed by atoms with Crippen molar-refractivity contribution in [3.8, 4) is 0 Å². The largest absolute Gasteiger partial charge is 0.399 e. The quantitative estimate of drug-likeness (QED) is 0.663. The molecule has 4 rings (SSSR count). The lowest BCUT2D eigenvalue weighted by Crippen LogP contribution is -2.24. The van der Waals surface area contributed by atoms with Crippen LogP contribution in [0, 0.1) is 0 Å². The van der Waals surface area contributed by atoms with Crippen molar-refractivity contribution in [1.82, 2.24) is 14.8 Å². The lowest BCUT2D eigenvalue weighted by Gasteiger charge is -2.25. The van der Waals surface area contributed by atoms with Crippen molar-refractivity contribution >= 4 is 22.4 Å². The predicted octanol–water partition coefficient (Wildman–Crippen LogP) is 2.42. The molecule has 1 aromatic carbocycles. The highest BCUT2D eigenvalue weighted by molar-refractivity contribution is 5.92. The predicted molar refractivity (Wildman–Crippen MR) is 79.6 cm³/mol. The first-order valence-electron chi connectivity index (χ1n) is 6.75. The molecule has 0 bridgehead atoms. The Kier molecular flexibility index (Phi) is 2.39. The molecule has 1 aliphatic rings. The van der Waals surface area contributed by atoms with E-state index in [0.717, 1.165) is 41.1 Å². The highest BCUT2D eigenvalue weighted by Gasteiger charge is 2.25. The van der Waals surface area contributed by atoms with Gasteiger partial charge in [0.05, 0.1) is 17.3 Å². The number of nitrogens with one attached hydrogen (secondary N) is 1. The molecule has 0 fully saturated rings. The lowest BCUT2D eigenvalue weighted by molar-refractivity contribution is 0.475. The number of benzene rings is 1. The number of rotatable bonds is 1. The average molecular weight is 265 g/mol. The topological polar surface area (TPSA) is 68.8 Å². The number of nitrogens with two attached hydrogens (primary N) is 1. The minimum atomic E-state index is 0.182. The van der Waals surface area contributed by atoms with Gasteiger partial charge in [0.25, 0.3) is 0 Å². The van der Waals surface area contributed by atoms with Crippen molar-refractivity contribution in [3.63, 3.8) is 0 Å². The zero-order valence-corrected chi connectivity index (χ0v) is 11.0. The highest BCUT2D eigenvalue weighted by Crippen LogP contribution is 2.34. The molecule has 1 atom stereocenters. The van der Waals surface area contributed by atoms with Crippen molar-refractivity contribution in [2.24, 2.45) is 0 Å². The third-order valence-corrected chi connectivity index (χ3v) is 3.75. The number of fused-ring (bicyclic) bond motifs is 3. The van der Waals surface area contributed by atoms with Crippen LogP contribution in [-0.2, 0) is 0 Å². The molecule has 1 unspecified atom stereocenters. The highest BCUT2D eigenvalue weighted by atomic mass is 15.4. The molecule has 3 heterocycles. The maximum absolute atomic E-state index is 5.88. The maximum atomic E-state index is 5.88. The standard InChI is InChI=1S/C15H15N5/c16-10-4-5-12-11(9-10)15-18-8-6-14(20(15)19-12)13-3-1-2-7-17-13/h1-5,7,9,14,18H,6,8,16H2. The molecule has 3 aromatic rings. The van der Waals surface area contributed by atoms with Gasteiger partial charge in [0.2, 0.25) is 0 Å². The van der Waals surface area contributed by atoms with Crippen LogP contribution in [0.2, 0.25) is 0 Å². The van der Waals surface area contributed by atoms with Crippen LogP contribution in [0.3, 0.4) is 0 Å².